The van der Waals surface area contributed by atoms with Crippen LogP contribution < -0.4 is 5.32 Å². The summed E-state index contributed by atoms with van der Waals surface area (Å²) in [6.07, 6.45) is 68.7. The van der Waals surface area contributed by atoms with Gasteiger partial charge in [0.2, 0.25) is 5.91 Å². The maximum atomic E-state index is 11.5. The lowest BCUT2D eigenvalue weighted by atomic mass is 10.0. The van der Waals surface area contributed by atoms with Crippen LogP contribution in [0.2, 0.25) is 0 Å². The minimum absolute atomic E-state index is 0.163. The second kappa shape index (κ2) is 143. The van der Waals surface area contributed by atoms with Crippen LogP contribution >= 0.6 is 0 Å². The van der Waals surface area contributed by atoms with E-state index in [9.17, 15) is 47.9 Å². The fourth-order valence-corrected chi connectivity index (χ4v) is 9.31. The Morgan fingerprint density at radius 1 is 0.186 bits per heavy atom. The number of carbonyl (C=O) groups excluding carboxylic acids is 10. The lowest BCUT2D eigenvalue weighted by Crippen LogP contribution is -2.22. The number of nitrogens with one attached hydrogen (secondary N) is 1. The SMILES string of the molecule is CCC.CCC(C)=O.CCC(C)=O.CCCCC.CCCCC(=O)CC.CCCCCC(=O)CC.CCCCCCC.CCCCCCC(=O)CC.CCCCCCCC(=O)CC.CCCCCCCCC(=O)CC.CCCCCCCCCC(=O)CCCCCC.CCCCCNC(=O)CC.CCCOCCCC(=O)CC. The summed E-state index contributed by atoms with van der Waals surface area (Å²) in [5.41, 5.74) is 0. The van der Waals surface area contributed by atoms with Crippen LogP contribution in [0.5, 0.6) is 0 Å². The Morgan fingerprint density at radius 3 is 0.593 bits per heavy atom. The van der Waals surface area contributed by atoms with Gasteiger partial charge in [-0.15, -0.1) is 0 Å². The van der Waals surface area contributed by atoms with Crippen molar-refractivity contribution >= 4 is 58.0 Å². The molecule has 0 unspecified atom stereocenters. The van der Waals surface area contributed by atoms with Crippen molar-refractivity contribution in [3.05, 3.63) is 0 Å². The van der Waals surface area contributed by atoms with Crippen molar-refractivity contribution < 1.29 is 52.7 Å². The normalized spacial score (nSPS) is 9.54. The van der Waals surface area contributed by atoms with E-state index < -0.39 is 0 Å². The minimum atomic E-state index is 0.163. The number of Topliss-reactive ketones (excluding diaryl/α,β-unsaturated/α-hetero) is 9. The van der Waals surface area contributed by atoms with Gasteiger partial charge >= 0.3 is 0 Å². The number of carbonyl (C=O) groups is 10. The predicted molar refractivity (Wildman–Crippen MR) is 503 cm³/mol. The molecular weight excluding hydrogens is 1400 g/mol. The van der Waals surface area contributed by atoms with Gasteiger partial charge in [-0.2, -0.15) is 0 Å². The van der Waals surface area contributed by atoms with E-state index in [1.54, 1.807) is 13.8 Å². The third kappa shape index (κ3) is 200. The third-order valence-electron chi connectivity index (χ3n) is 17.7. The number of hydrogen-bond donors (Lipinski definition) is 1. The van der Waals surface area contributed by atoms with Crippen molar-refractivity contribution in [1.29, 1.82) is 0 Å². The van der Waals surface area contributed by atoms with E-state index in [4.69, 9.17) is 4.74 Å². The van der Waals surface area contributed by atoms with Crippen LogP contribution in [0.3, 0.4) is 0 Å². The van der Waals surface area contributed by atoms with Crippen molar-refractivity contribution in [2.24, 2.45) is 0 Å². The van der Waals surface area contributed by atoms with E-state index in [1.165, 1.54) is 218 Å². The molecule has 0 aromatic rings. The number of ketones is 9. The van der Waals surface area contributed by atoms with Crippen LogP contribution in [0.25, 0.3) is 0 Å². The van der Waals surface area contributed by atoms with Crippen LogP contribution in [0, 0.1) is 0 Å². The first-order valence-electron chi connectivity index (χ1n) is 48.7. The molecule has 0 saturated heterocycles. The van der Waals surface area contributed by atoms with Gasteiger partial charge in [-0.1, -0.05) is 391 Å². The first-order chi connectivity index (χ1) is 54.2. The molecule has 1 N–H and O–H groups in total. The molecular formula is C101H209NO11. The predicted octanol–water partition coefficient (Wildman–Crippen LogP) is 32.8. The summed E-state index contributed by atoms with van der Waals surface area (Å²) in [6.45, 7) is 55.4. The van der Waals surface area contributed by atoms with Crippen molar-refractivity contribution in [3.8, 4) is 0 Å². The Morgan fingerprint density at radius 2 is 0.372 bits per heavy atom. The quantitative estimate of drug-likeness (QED) is 0.0570. The molecule has 0 aromatic heterocycles. The molecule has 12 heteroatoms. The van der Waals surface area contributed by atoms with Crippen molar-refractivity contribution in [2.45, 2.75) is 578 Å². The highest BCUT2D eigenvalue weighted by atomic mass is 16.5. The van der Waals surface area contributed by atoms with Crippen LogP contribution in [0.15, 0.2) is 0 Å². The molecule has 684 valence electrons. The van der Waals surface area contributed by atoms with E-state index in [2.05, 4.69) is 109 Å². The molecule has 0 bridgehead atoms. The topological polar surface area (TPSA) is 192 Å². The number of unbranched alkanes of at least 4 members (excludes halogenated alkanes) is 32. The zero-order valence-electron chi connectivity index (χ0n) is 82.0. The number of ether oxygens (including phenoxy) is 1. The Kier molecular flexibility index (Phi) is 176. The summed E-state index contributed by atoms with van der Waals surface area (Å²) in [6, 6.07) is 0. The fraction of sp³-hybridized carbons (Fsp3) is 0.901. The van der Waals surface area contributed by atoms with Gasteiger partial charge in [-0.3, -0.25) is 38.4 Å². The second-order valence-corrected chi connectivity index (χ2v) is 30.0. The van der Waals surface area contributed by atoms with Gasteiger partial charge in [0.05, 0.1) is 0 Å². The van der Waals surface area contributed by atoms with Crippen LogP contribution in [0.1, 0.15) is 578 Å². The molecule has 0 aromatic carbocycles. The molecule has 12 nitrogen and oxygen atoms in total. The fourth-order valence-electron chi connectivity index (χ4n) is 9.31. The van der Waals surface area contributed by atoms with Crippen LogP contribution in [-0.2, 0) is 52.7 Å². The average Bonchev–Trinajstić information content (AvgIpc) is 1.23. The molecule has 0 spiro atoms. The molecule has 0 aliphatic heterocycles. The highest BCUT2D eigenvalue weighted by Crippen LogP contribution is 2.13. The van der Waals surface area contributed by atoms with Crippen molar-refractivity contribution in [2.75, 3.05) is 19.8 Å². The molecule has 0 atom stereocenters. The van der Waals surface area contributed by atoms with Gasteiger partial charge in [0.15, 0.2) is 0 Å². The van der Waals surface area contributed by atoms with Gasteiger partial charge in [-0.05, 0) is 78.1 Å². The Bertz CT molecular complexity index is 1730. The van der Waals surface area contributed by atoms with Gasteiger partial charge in [0.1, 0.15) is 52.0 Å². The molecule has 0 heterocycles. The first kappa shape index (κ1) is 138. The number of rotatable bonds is 63. The molecule has 0 aliphatic rings. The summed E-state index contributed by atoms with van der Waals surface area (Å²) in [5.74, 6) is 3.56. The summed E-state index contributed by atoms with van der Waals surface area (Å²) in [5, 5.41) is 2.83. The lowest BCUT2D eigenvalue weighted by molar-refractivity contribution is -0.121. The zero-order valence-corrected chi connectivity index (χ0v) is 82.0. The highest BCUT2D eigenvalue weighted by molar-refractivity contribution is 5.80. The first-order valence-corrected chi connectivity index (χ1v) is 48.7. The summed E-state index contributed by atoms with van der Waals surface area (Å²) in [7, 11) is 0. The van der Waals surface area contributed by atoms with E-state index in [-0.39, 0.29) is 17.5 Å². The molecule has 0 rings (SSSR count). The Labute approximate surface area is 710 Å². The van der Waals surface area contributed by atoms with Crippen molar-refractivity contribution in [1.82, 2.24) is 5.32 Å². The lowest BCUT2D eigenvalue weighted by Gasteiger charge is -2.02. The van der Waals surface area contributed by atoms with Gasteiger partial charge in [0, 0.05) is 129 Å². The molecule has 1 amide bonds. The van der Waals surface area contributed by atoms with E-state index >= 15 is 0 Å². The highest BCUT2D eigenvalue weighted by Gasteiger charge is 2.04. The molecule has 0 radical (unpaired) electrons. The van der Waals surface area contributed by atoms with E-state index in [0.29, 0.717) is 98.3 Å². The smallest absolute Gasteiger partial charge is 0.219 e. The van der Waals surface area contributed by atoms with E-state index in [1.807, 2.05) is 62.3 Å². The maximum Gasteiger partial charge on any atom is 0.219 e. The average molecular weight is 1610 g/mol. The van der Waals surface area contributed by atoms with Crippen LogP contribution in [0.4, 0.5) is 0 Å². The molecule has 0 fully saturated rings. The molecule has 113 heavy (non-hydrogen) atoms. The van der Waals surface area contributed by atoms with Crippen molar-refractivity contribution in [3.63, 3.8) is 0 Å². The van der Waals surface area contributed by atoms with Gasteiger partial charge in [0.25, 0.3) is 0 Å². The Hall–Kier alpha value is -3.54. The second-order valence-electron chi connectivity index (χ2n) is 30.0. The third-order valence-corrected chi connectivity index (χ3v) is 17.7. The minimum Gasteiger partial charge on any atom is -0.381 e. The summed E-state index contributed by atoms with van der Waals surface area (Å²) < 4.78 is 5.23. The van der Waals surface area contributed by atoms with Gasteiger partial charge in [-0.25, -0.2) is 0 Å². The Balaban J connectivity index is -0.0000000887. The molecule has 0 saturated carbocycles. The van der Waals surface area contributed by atoms with E-state index in [0.717, 1.165) is 142 Å². The monoisotopic (exact) mass is 1610 g/mol. The zero-order chi connectivity index (χ0) is 89.1. The number of amides is 1. The molecule has 0 aliphatic carbocycles. The largest absolute Gasteiger partial charge is 0.381 e. The summed E-state index contributed by atoms with van der Waals surface area (Å²) >= 11 is 0. The summed E-state index contributed by atoms with van der Waals surface area (Å²) in [4.78, 5) is 106. The number of hydrogen-bond acceptors (Lipinski definition) is 11. The standard InChI is InChI=1S/C16H32O.C11H22O.C10H20O.C9H18O2.C9H18O.C8H17NO.C8H16O.C7H14O.C7H16.C5H12.2C4H8O.C3H8/c1-3-5-7-9-10-11-13-15-16(17)14-12-8-6-4-2;1-3-5-6-7-8-9-10-11(12)4-2;1-3-5-6-7-8-9-10(11)4-2;1-3-7-11-8-5-6-9(10)4-2;1-3-5-6-7-8-9(10)4-2;1-3-5-6-7-9-8(10)4-2;1-3-5-6-7-8(9)4-2;1-3-5-6-7(8)4-2;1-3-5-7-6-4-2;1-3-5-4-2;2*1-3-4(2)5;1-3-2/h3-15H2,1-2H3;3-10H2,1-2H3;3-9H2,1-2H3;3-8H2,1-2H3;3-8H2,1-2H3;3-7H2,1-2H3,(H,9,10);3-7H2,1-2H3;3-6H2,1-2H3;3-7H2,1-2H3;3-5H2,1-2H3;2*3H2,1-2H3;3H2,1-2H3. The maximum absolute atomic E-state index is 11.5. The van der Waals surface area contributed by atoms with Gasteiger partial charge < -0.3 is 19.6 Å². The van der Waals surface area contributed by atoms with Crippen LogP contribution in [-0.4, -0.2) is 77.7 Å².